The van der Waals surface area contributed by atoms with E-state index in [9.17, 15) is 10.1 Å². The number of carbonyl (C=O) groups is 1. The number of nitriles is 1. The molecule has 0 radical (unpaired) electrons. The molecule has 1 aromatic carbocycles. The molecule has 0 unspecified atom stereocenters. The molecule has 10 heteroatoms. The number of carbonyl (C=O) groups excluding carboxylic acids is 1. The number of nitrogens with zero attached hydrogens (tertiary/aromatic N) is 7. The molecule has 0 atom stereocenters. The summed E-state index contributed by atoms with van der Waals surface area (Å²) in [5, 5.41) is 19.1. The molecular formula is C28H33N7O2S. The summed E-state index contributed by atoms with van der Waals surface area (Å²) in [4.78, 5) is 22.5. The lowest BCUT2D eigenvalue weighted by molar-refractivity contribution is -0.0612. The number of pyridine rings is 1. The van der Waals surface area contributed by atoms with E-state index in [-0.39, 0.29) is 11.3 Å². The number of rotatable bonds is 10. The Balaban J connectivity index is 1.51. The molecule has 5 rings (SSSR count). The predicted octanol–water partition coefficient (Wildman–Crippen LogP) is 3.71. The first-order chi connectivity index (χ1) is 18.4. The Hall–Kier alpha value is -3.26. The Labute approximate surface area is 227 Å². The molecule has 2 aliphatic rings. The van der Waals surface area contributed by atoms with Crippen LogP contribution in [0.5, 0.6) is 0 Å². The Morgan fingerprint density at radius 2 is 2.05 bits per heavy atom. The predicted molar refractivity (Wildman–Crippen MR) is 146 cm³/mol. The van der Waals surface area contributed by atoms with E-state index in [0.29, 0.717) is 49.7 Å². The lowest BCUT2D eigenvalue weighted by Crippen LogP contribution is -2.49. The molecule has 0 saturated carbocycles. The Morgan fingerprint density at radius 1 is 1.24 bits per heavy atom. The Bertz CT molecular complexity index is 1390. The summed E-state index contributed by atoms with van der Waals surface area (Å²) in [6.45, 7) is 7.35. The first-order valence-corrected chi connectivity index (χ1v) is 14.0. The van der Waals surface area contributed by atoms with Gasteiger partial charge in [0, 0.05) is 36.6 Å². The highest BCUT2D eigenvalue weighted by molar-refractivity contribution is 7.99. The van der Waals surface area contributed by atoms with E-state index in [1.807, 2.05) is 29.8 Å². The normalized spacial score (nSPS) is 16.0. The zero-order valence-corrected chi connectivity index (χ0v) is 23.2. The molecule has 0 aliphatic carbocycles. The van der Waals surface area contributed by atoms with Gasteiger partial charge < -0.3 is 14.2 Å². The molecule has 0 bridgehead atoms. The molecule has 198 valence electrons. The van der Waals surface area contributed by atoms with Gasteiger partial charge in [0.15, 0.2) is 0 Å². The van der Waals surface area contributed by atoms with Crippen molar-refractivity contribution in [2.24, 2.45) is 7.05 Å². The van der Waals surface area contributed by atoms with Crippen LogP contribution in [0.3, 0.4) is 0 Å². The molecule has 2 aromatic heterocycles. The summed E-state index contributed by atoms with van der Waals surface area (Å²) in [6, 6.07) is 10.3. The van der Waals surface area contributed by atoms with Crippen molar-refractivity contribution in [1.29, 1.82) is 5.26 Å². The summed E-state index contributed by atoms with van der Waals surface area (Å²) in [7, 11) is 4.00. The van der Waals surface area contributed by atoms with Crippen molar-refractivity contribution in [2.45, 2.75) is 50.2 Å². The van der Waals surface area contributed by atoms with Crippen LogP contribution in [0.4, 0.5) is 5.82 Å². The Kier molecular flexibility index (Phi) is 7.52. The number of ether oxygens (including phenoxy) is 1. The van der Waals surface area contributed by atoms with Gasteiger partial charge >= 0.3 is 0 Å². The van der Waals surface area contributed by atoms with Crippen molar-refractivity contribution < 1.29 is 9.53 Å². The van der Waals surface area contributed by atoms with Gasteiger partial charge in [0.05, 0.1) is 36.4 Å². The third-order valence-electron chi connectivity index (χ3n) is 7.31. The number of anilines is 1. The minimum absolute atomic E-state index is 0.110. The quantitative estimate of drug-likeness (QED) is 0.365. The van der Waals surface area contributed by atoms with Crippen LogP contribution in [0.2, 0.25) is 0 Å². The van der Waals surface area contributed by atoms with Crippen molar-refractivity contribution in [3.8, 4) is 6.07 Å². The highest BCUT2D eigenvalue weighted by Gasteiger charge is 2.43. The second kappa shape index (κ2) is 10.8. The average Bonchev–Trinajstić information content (AvgIpc) is 3.43. The maximum atomic E-state index is 13.8. The number of amides is 1. The fourth-order valence-electron chi connectivity index (χ4n) is 5.26. The lowest BCUT2D eigenvalue weighted by atomic mass is 9.76. The third-order valence-corrected chi connectivity index (χ3v) is 8.10. The number of aromatic nitrogens is 4. The highest BCUT2D eigenvalue weighted by atomic mass is 32.2. The topological polar surface area (TPSA) is 100 Å². The van der Waals surface area contributed by atoms with E-state index in [2.05, 4.69) is 48.1 Å². The summed E-state index contributed by atoms with van der Waals surface area (Å²) >= 11 is 1.65. The van der Waals surface area contributed by atoms with Crippen molar-refractivity contribution in [1.82, 2.24) is 24.6 Å². The SMILES string of the molecule is CCCN(C)Cc1cc(C#N)c2c(c1)C(=O)N(c1cc(C3(Cc4nncn4C)COC3)cc(SCC)n1)C2. The molecule has 3 aromatic rings. The number of fused-ring (bicyclic) bond motifs is 1. The fourth-order valence-corrected chi connectivity index (χ4v) is 5.93. The average molecular weight is 532 g/mol. The van der Waals surface area contributed by atoms with E-state index in [1.165, 1.54) is 0 Å². The number of thioether (sulfide) groups is 1. The van der Waals surface area contributed by atoms with Crippen LogP contribution in [-0.4, -0.2) is 63.1 Å². The third kappa shape index (κ3) is 4.94. The van der Waals surface area contributed by atoms with Crippen LogP contribution in [0.15, 0.2) is 35.6 Å². The second-order valence-electron chi connectivity index (χ2n) is 10.2. The van der Waals surface area contributed by atoms with Gasteiger partial charge in [-0.15, -0.1) is 22.0 Å². The van der Waals surface area contributed by atoms with Crippen molar-refractivity contribution in [2.75, 3.05) is 37.5 Å². The first kappa shape index (κ1) is 26.4. The number of aryl methyl sites for hydroxylation is 1. The summed E-state index contributed by atoms with van der Waals surface area (Å²) in [5.74, 6) is 2.25. The van der Waals surface area contributed by atoms with Crippen molar-refractivity contribution in [3.63, 3.8) is 0 Å². The monoisotopic (exact) mass is 531 g/mol. The molecule has 4 heterocycles. The van der Waals surface area contributed by atoms with Gasteiger partial charge in [0.1, 0.15) is 18.0 Å². The molecule has 9 nitrogen and oxygen atoms in total. The van der Waals surface area contributed by atoms with Gasteiger partial charge in [-0.1, -0.05) is 13.8 Å². The van der Waals surface area contributed by atoms with E-state index in [4.69, 9.17) is 9.72 Å². The minimum Gasteiger partial charge on any atom is -0.379 e. The molecule has 2 aliphatic heterocycles. The van der Waals surface area contributed by atoms with Crippen molar-refractivity contribution in [3.05, 3.63) is 64.2 Å². The molecule has 1 fully saturated rings. The van der Waals surface area contributed by atoms with Crippen LogP contribution >= 0.6 is 11.8 Å². The van der Waals surface area contributed by atoms with Crippen LogP contribution in [0.25, 0.3) is 0 Å². The maximum Gasteiger partial charge on any atom is 0.260 e. The zero-order valence-electron chi connectivity index (χ0n) is 22.4. The van der Waals surface area contributed by atoms with Crippen LogP contribution < -0.4 is 4.90 Å². The van der Waals surface area contributed by atoms with Gasteiger partial charge in [-0.3, -0.25) is 9.69 Å². The first-order valence-electron chi connectivity index (χ1n) is 13.0. The molecule has 38 heavy (non-hydrogen) atoms. The van der Waals surface area contributed by atoms with E-state index < -0.39 is 0 Å². The number of hydrogen-bond acceptors (Lipinski definition) is 8. The number of hydrogen-bond donors (Lipinski definition) is 0. The van der Waals surface area contributed by atoms with Gasteiger partial charge in [-0.2, -0.15) is 5.26 Å². The summed E-state index contributed by atoms with van der Waals surface area (Å²) in [5.41, 5.74) is 3.73. The second-order valence-corrected chi connectivity index (χ2v) is 11.5. The van der Waals surface area contributed by atoms with Gasteiger partial charge in [0.25, 0.3) is 5.91 Å². The molecule has 1 amide bonds. The minimum atomic E-state index is -0.258. The van der Waals surface area contributed by atoms with Crippen LogP contribution in [0, 0.1) is 11.3 Å². The lowest BCUT2D eigenvalue weighted by Gasteiger charge is -2.42. The summed E-state index contributed by atoms with van der Waals surface area (Å²) < 4.78 is 7.64. The maximum absolute atomic E-state index is 13.8. The Morgan fingerprint density at radius 3 is 2.68 bits per heavy atom. The standard InChI is InChI=1S/C28H33N7O2S/c1-5-7-33(3)14-19-8-20(13-29)23-15-35(27(36)22(23)9-19)24-10-21(11-26(31-24)38-6-2)28(16-37-17-28)12-25-32-30-18-34(25)4/h8-11,18H,5-7,12,14-17H2,1-4H3. The molecule has 0 spiro atoms. The van der Waals surface area contributed by atoms with Crippen molar-refractivity contribution >= 4 is 23.5 Å². The zero-order chi connectivity index (χ0) is 26.9. The number of benzene rings is 1. The van der Waals surface area contributed by atoms with E-state index >= 15 is 0 Å². The molecule has 1 saturated heterocycles. The highest BCUT2D eigenvalue weighted by Crippen LogP contribution is 2.40. The van der Waals surface area contributed by atoms with Crippen LogP contribution in [-0.2, 0) is 36.7 Å². The largest absolute Gasteiger partial charge is 0.379 e. The smallest absolute Gasteiger partial charge is 0.260 e. The van der Waals surface area contributed by atoms with Crippen LogP contribution in [0.1, 0.15) is 58.7 Å². The van der Waals surface area contributed by atoms with E-state index in [1.54, 1.807) is 23.0 Å². The van der Waals surface area contributed by atoms with E-state index in [0.717, 1.165) is 46.3 Å². The van der Waals surface area contributed by atoms with Gasteiger partial charge in [-0.25, -0.2) is 4.98 Å². The fraction of sp³-hybridized carbons (Fsp3) is 0.464. The molecule has 0 N–H and O–H groups in total. The van der Waals surface area contributed by atoms with Gasteiger partial charge in [-0.05, 0) is 61.2 Å². The molecular weight excluding hydrogens is 498 g/mol. The van der Waals surface area contributed by atoms with Gasteiger partial charge in [0.2, 0.25) is 0 Å². The summed E-state index contributed by atoms with van der Waals surface area (Å²) in [6.07, 6.45) is 3.44.